The lowest BCUT2D eigenvalue weighted by Gasteiger charge is -2.13. The molecule has 0 aromatic carbocycles. The van der Waals surface area contributed by atoms with Crippen molar-refractivity contribution in [1.82, 2.24) is 14.9 Å². The van der Waals surface area contributed by atoms with E-state index >= 15 is 0 Å². The maximum atomic E-state index is 11.7. The van der Waals surface area contributed by atoms with Gasteiger partial charge in [-0.2, -0.15) is 0 Å². The van der Waals surface area contributed by atoms with Crippen molar-refractivity contribution < 1.29 is 5.11 Å². The van der Waals surface area contributed by atoms with Crippen LogP contribution in [0.25, 0.3) is 10.2 Å². The van der Waals surface area contributed by atoms with Crippen molar-refractivity contribution in [3.8, 4) is 0 Å². The fraction of sp³-hybridized carbons (Fsp3) is 0.455. The molecule has 0 radical (unpaired) electrons. The smallest absolute Gasteiger partial charge is 0.268 e. The third-order valence-electron chi connectivity index (χ3n) is 2.98. The number of likely N-dealkylation sites (tertiary alicyclic amines) is 1. The van der Waals surface area contributed by atoms with Gasteiger partial charge >= 0.3 is 0 Å². The molecule has 1 saturated heterocycles. The zero-order valence-electron chi connectivity index (χ0n) is 9.22. The van der Waals surface area contributed by atoms with Crippen molar-refractivity contribution in [1.29, 1.82) is 0 Å². The van der Waals surface area contributed by atoms with Crippen LogP contribution in [-0.4, -0.2) is 39.2 Å². The van der Waals surface area contributed by atoms with Crippen LogP contribution < -0.4 is 5.56 Å². The summed E-state index contributed by atoms with van der Waals surface area (Å²) in [6, 6.07) is 1.86. The Kier molecular flexibility index (Phi) is 2.70. The summed E-state index contributed by atoms with van der Waals surface area (Å²) in [5.74, 6) is 0.676. The Morgan fingerprint density at radius 1 is 1.65 bits per heavy atom. The quantitative estimate of drug-likeness (QED) is 0.818. The molecule has 1 atom stereocenters. The normalized spacial score (nSPS) is 21.4. The fourth-order valence-corrected chi connectivity index (χ4v) is 2.89. The SMILES string of the molecule is O=c1[nH]c(CN2CCC(O)C2)nc2ccsc12. The first kappa shape index (κ1) is 10.9. The molecular formula is C11H13N3O2S. The molecule has 2 aromatic rings. The minimum atomic E-state index is -0.244. The molecule has 0 saturated carbocycles. The van der Waals surface area contributed by atoms with Gasteiger partial charge in [0, 0.05) is 13.1 Å². The van der Waals surface area contributed by atoms with Crippen LogP contribution in [0.15, 0.2) is 16.2 Å². The highest BCUT2D eigenvalue weighted by Crippen LogP contribution is 2.15. The van der Waals surface area contributed by atoms with Crippen LogP contribution in [0.4, 0.5) is 0 Å². The zero-order chi connectivity index (χ0) is 11.8. The number of hydrogen-bond acceptors (Lipinski definition) is 5. The van der Waals surface area contributed by atoms with E-state index in [4.69, 9.17) is 0 Å². The van der Waals surface area contributed by atoms with E-state index in [-0.39, 0.29) is 11.7 Å². The van der Waals surface area contributed by atoms with Crippen molar-refractivity contribution >= 4 is 21.6 Å². The maximum Gasteiger partial charge on any atom is 0.268 e. The molecule has 17 heavy (non-hydrogen) atoms. The topological polar surface area (TPSA) is 69.2 Å². The van der Waals surface area contributed by atoms with E-state index in [9.17, 15) is 9.90 Å². The van der Waals surface area contributed by atoms with Crippen LogP contribution in [0.2, 0.25) is 0 Å². The lowest BCUT2D eigenvalue weighted by atomic mass is 10.3. The van der Waals surface area contributed by atoms with Gasteiger partial charge in [-0.1, -0.05) is 0 Å². The van der Waals surface area contributed by atoms with E-state index in [0.29, 0.717) is 23.6 Å². The van der Waals surface area contributed by atoms with E-state index in [1.807, 2.05) is 11.4 Å². The molecule has 2 aromatic heterocycles. The van der Waals surface area contributed by atoms with Gasteiger partial charge in [0.05, 0.1) is 18.2 Å². The molecule has 2 N–H and O–H groups in total. The molecule has 3 rings (SSSR count). The van der Waals surface area contributed by atoms with Crippen LogP contribution in [0.5, 0.6) is 0 Å². The molecule has 1 unspecified atom stereocenters. The number of aliphatic hydroxyl groups excluding tert-OH is 1. The largest absolute Gasteiger partial charge is 0.392 e. The number of aromatic amines is 1. The van der Waals surface area contributed by atoms with Crippen molar-refractivity contribution in [2.24, 2.45) is 0 Å². The third-order valence-corrected chi connectivity index (χ3v) is 3.89. The molecule has 90 valence electrons. The minimum Gasteiger partial charge on any atom is -0.392 e. The van der Waals surface area contributed by atoms with Crippen LogP contribution in [0.3, 0.4) is 0 Å². The summed E-state index contributed by atoms with van der Waals surface area (Å²) in [5, 5.41) is 11.3. The number of rotatable bonds is 2. The Labute approximate surface area is 102 Å². The average Bonchev–Trinajstić information content (AvgIpc) is 2.87. The molecule has 0 aliphatic carbocycles. The highest BCUT2D eigenvalue weighted by Gasteiger charge is 2.20. The van der Waals surface area contributed by atoms with Gasteiger partial charge in [0.25, 0.3) is 5.56 Å². The van der Waals surface area contributed by atoms with E-state index in [1.54, 1.807) is 0 Å². The van der Waals surface area contributed by atoms with Gasteiger partial charge in [0.2, 0.25) is 0 Å². The number of fused-ring (bicyclic) bond motifs is 1. The number of β-amino-alcohol motifs (C(OH)–C–C–N with tert-alkyl or cyclic N) is 1. The number of aliphatic hydroxyl groups is 1. The first-order valence-electron chi connectivity index (χ1n) is 5.59. The predicted molar refractivity (Wildman–Crippen MR) is 66.1 cm³/mol. The summed E-state index contributed by atoms with van der Waals surface area (Å²) in [4.78, 5) is 21.1. The van der Waals surface area contributed by atoms with Gasteiger partial charge in [0.1, 0.15) is 10.5 Å². The number of aromatic nitrogens is 2. The highest BCUT2D eigenvalue weighted by molar-refractivity contribution is 7.17. The summed E-state index contributed by atoms with van der Waals surface area (Å²) >= 11 is 1.41. The lowest BCUT2D eigenvalue weighted by molar-refractivity contribution is 0.174. The molecule has 1 fully saturated rings. The minimum absolute atomic E-state index is 0.0697. The van der Waals surface area contributed by atoms with Gasteiger partial charge in [-0.15, -0.1) is 11.3 Å². The van der Waals surface area contributed by atoms with E-state index < -0.39 is 0 Å². The number of thiophene rings is 1. The van der Waals surface area contributed by atoms with Crippen molar-refractivity contribution in [3.63, 3.8) is 0 Å². The van der Waals surface area contributed by atoms with Gasteiger partial charge in [-0.05, 0) is 17.9 Å². The molecule has 1 aliphatic heterocycles. The number of hydrogen-bond donors (Lipinski definition) is 2. The predicted octanol–water partition coefficient (Wildman–Crippen LogP) is 0.551. The molecule has 6 heteroatoms. The Morgan fingerprint density at radius 2 is 2.53 bits per heavy atom. The Bertz CT molecular complexity index is 592. The van der Waals surface area contributed by atoms with E-state index in [2.05, 4.69) is 14.9 Å². The molecule has 0 amide bonds. The fourth-order valence-electron chi connectivity index (χ4n) is 2.16. The second-order valence-corrected chi connectivity index (χ2v) is 5.24. The molecule has 0 bridgehead atoms. The van der Waals surface area contributed by atoms with E-state index in [0.717, 1.165) is 18.5 Å². The summed E-state index contributed by atoms with van der Waals surface area (Å²) in [7, 11) is 0. The molecule has 0 spiro atoms. The first-order valence-corrected chi connectivity index (χ1v) is 6.47. The number of H-pyrrole nitrogens is 1. The second-order valence-electron chi connectivity index (χ2n) is 4.33. The third kappa shape index (κ3) is 2.11. The summed E-state index contributed by atoms with van der Waals surface area (Å²) < 4.78 is 0.676. The van der Waals surface area contributed by atoms with Crippen molar-refractivity contribution in [2.75, 3.05) is 13.1 Å². The molecule has 1 aliphatic rings. The first-order chi connectivity index (χ1) is 8.22. The molecule has 5 nitrogen and oxygen atoms in total. The van der Waals surface area contributed by atoms with Crippen LogP contribution in [0, 0.1) is 0 Å². The van der Waals surface area contributed by atoms with Gasteiger partial charge in [0.15, 0.2) is 0 Å². The number of nitrogens with zero attached hydrogens (tertiary/aromatic N) is 2. The van der Waals surface area contributed by atoms with Crippen LogP contribution >= 0.6 is 11.3 Å². The van der Waals surface area contributed by atoms with Gasteiger partial charge in [-0.25, -0.2) is 4.98 Å². The molecular weight excluding hydrogens is 238 g/mol. The number of nitrogens with one attached hydrogen (secondary N) is 1. The monoisotopic (exact) mass is 251 g/mol. The van der Waals surface area contributed by atoms with Crippen molar-refractivity contribution in [2.45, 2.75) is 19.1 Å². The Hall–Kier alpha value is -1.24. The Balaban J connectivity index is 1.88. The van der Waals surface area contributed by atoms with Gasteiger partial charge in [-0.3, -0.25) is 9.69 Å². The summed E-state index contributed by atoms with van der Waals surface area (Å²) in [5.41, 5.74) is 0.688. The maximum absolute atomic E-state index is 11.7. The zero-order valence-corrected chi connectivity index (χ0v) is 10.0. The second kappa shape index (κ2) is 4.21. The van der Waals surface area contributed by atoms with Crippen LogP contribution in [-0.2, 0) is 6.54 Å². The van der Waals surface area contributed by atoms with Crippen molar-refractivity contribution in [3.05, 3.63) is 27.6 Å². The summed E-state index contributed by atoms with van der Waals surface area (Å²) in [6.07, 6.45) is 0.553. The molecule has 3 heterocycles. The van der Waals surface area contributed by atoms with E-state index in [1.165, 1.54) is 11.3 Å². The van der Waals surface area contributed by atoms with Crippen LogP contribution in [0.1, 0.15) is 12.2 Å². The Morgan fingerprint density at radius 3 is 3.29 bits per heavy atom. The highest BCUT2D eigenvalue weighted by atomic mass is 32.1. The summed E-state index contributed by atoms with van der Waals surface area (Å²) in [6.45, 7) is 2.11. The van der Waals surface area contributed by atoms with Gasteiger partial charge < -0.3 is 10.1 Å². The standard InChI is InChI=1S/C11H13N3O2S/c15-7-1-3-14(5-7)6-9-12-8-2-4-17-10(8)11(16)13-9/h2,4,7,15H,1,3,5-6H2,(H,12,13,16). The average molecular weight is 251 g/mol. The lowest BCUT2D eigenvalue weighted by Crippen LogP contribution is -2.24.